The zero-order valence-corrected chi connectivity index (χ0v) is 6.57. The molecule has 0 bridgehead atoms. The Kier molecular flexibility index (Phi) is 2.54. The second kappa shape index (κ2) is 3.65. The Morgan fingerprint density at radius 2 is 1.82 bits per heavy atom. The highest BCUT2D eigenvalue weighted by Gasteiger charge is 1.91. The van der Waals surface area contributed by atoms with E-state index < -0.39 is 0 Å². The van der Waals surface area contributed by atoms with E-state index in [-0.39, 0.29) is 0 Å². The van der Waals surface area contributed by atoms with Gasteiger partial charge in [-0.2, -0.15) is 0 Å². The van der Waals surface area contributed by atoms with Crippen LogP contribution in [0.25, 0.3) is 11.3 Å². The van der Waals surface area contributed by atoms with E-state index in [1.807, 2.05) is 13.8 Å². The molecule has 2 aromatic rings. The van der Waals surface area contributed by atoms with Crippen molar-refractivity contribution in [1.29, 1.82) is 0 Å². The summed E-state index contributed by atoms with van der Waals surface area (Å²) >= 11 is 0. The number of fused-ring (bicyclic) bond motifs is 1. The Morgan fingerprint density at radius 3 is 2.55 bits per heavy atom. The van der Waals surface area contributed by atoms with Crippen molar-refractivity contribution >= 4 is 11.3 Å². The molecule has 2 rings (SSSR count). The maximum atomic E-state index is 3.96. The SMILES string of the molecule is CC.c1cnc2[nH]cnc2n1. The molecule has 0 amide bonds. The summed E-state index contributed by atoms with van der Waals surface area (Å²) in [6, 6.07) is 0. The third-order valence-corrected chi connectivity index (χ3v) is 1.07. The smallest absolute Gasteiger partial charge is 0.197 e. The van der Waals surface area contributed by atoms with Crippen molar-refractivity contribution in [2.45, 2.75) is 13.8 Å². The lowest BCUT2D eigenvalue weighted by Crippen LogP contribution is -1.77. The molecule has 1 N–H and O–H groups in total. The first-order valence-corrected chi connectivity index (χ1v) is 3.57. The molecule has 0 saturated carbocycles. The molecule has 2 aromatic heterocycles. The van der Waals surface area contributed by atoms with Gasteiger partial charge in [-0.05, 0) is 0 Å². The molecule has 11 heavy (non-hydrogen) atoms. The van der Waals surface area contributed by atoms with Crippen molar-refractivity contribution in [3.05, 3.63) is 18.7 Å². The monoisotopic (exact) mass is 150 g/mol. The van der Waals surface area contributed by atoms with E-state index in [0.29, 0.717) is 5.65 Å². The Hall–Kier alpha value is -1.45. The van der Waals surface area contributed by atoms with Crippen LogP contribution in [0.2, 0.25) is 0 Å². The lowest BCUT2D eigenvalue weighted by atomic mass is 10.7. The van der Waals surface area contributed by atoms with Gasteiger partial charge in [0.2, 0.25) is 0 Å². The fraction of sp³-hybridized carbons (Fsp3) is 0.286. The fourth-order valence-corrected chi connectivity index (χ4v) is 0.682. The number of nitrogens with one attached hydrogen (secondary N) is 1. The van der Waals surface area contributed by atoms with Gasteiger partial charge in [0, 0.05) is 12.4 Å². The lowest BCUT2D eigenvalue weighted by molar-refractivity contribution is 1.26. The van der Waals surface area contributed by atoms with Gasteiger partial charge in [0.1, 0.15) is 0 Å². The van der Waals surface area contributed by atoms with Gasteiger partial charge in [-0.3, -0.25) is 0 Å². The molecular weight excluding hydrogens is 140 g/mol. The Balaban J connectivity index is 0.000000281. The van der Waals surface area contributed by atoms with Crippen LogP contribution < -0.4 is 0 Å². The van der Waals surface area contributed by atoms with E-state index in [9.17, 15) is 0 Å². The largest absolute Gasteiger partial charge is 0.328 e. The fourth-order valence-electron chi connectivity index (χ4n) is 0.682. The average molecular weight is 150 g/mol. The van der Waals surface area contributed by atoms with Crippen molar-refractivity contribution in [3.63, 3.8) is 0 Å². The number of H-pyrrole nitrogens is 1. The van der Waals surface area contributed by atoms with Crippen LogP contribution in [0.15, 0.2) is 18.7 Å². The van der Waals surface area contributed by atoms with Gasteiger partial charge in [0.25, 0.3) is 0 Å². The molecule has 0 fully saturated rings. The van der Waals surface area contributed by atoms with Crippen LogP contribution in [0.5, 0.6) is 0 Å². The van der Waals surface area contributed by atoms with Gasteiger partial charge in [-0.15, -0.1) is 0 Å². The van der Waals surface area contributed by atoms with Crippen molar-refractivity contribution in [2.24, 2.45) is 0 Å². The summed E-state index contributed by atoms with van der Waals surface area (Å²) in [7, 11) is 0. The Bertz CT molecular complexity index is 284. The number of imidazole rings is 1. The molecule has 0 aromatic carbocycles. The molecule has 0 aliphatic rings. The summed E-state index contributed by atoms with van der Waals surface area (Å²) in [6.45, 7) is 4.00. The molecule has 0 unspecified atom stereocenters. The topological polar surface area (TPSA) is 54.5 Å². The van der Waals surface area contributed by atoms with Crippen LogP contribution in [-0.4, -0.2) is 19.9 Å². The molecule has 58 valence electrons. The molecule has 2 heterocycles. The molecule has 4 heteroatoms. The van der Waals surface area contributed by atoms with E-state index in [1.54, 1.807) is 18.7 Å². The van der Waals surface area contributed by atoms with Crippen molar-refractivity contribution in [3.8, 4) is 0 Å². The number of hydrogen-bond acceptors (Lipinski definition) is 3. The first-order valence-electron chi connectivity index (χ1n) is 3.57. The van der Waals surface area contributed by atoms with E-state index in [4.69, 9.17) is 0 Å². The third kappa shape index (κ3) is 1.52. The molecule has 0 aliphatic carbocycles. The second-order valence-electron chi connectivity index (χ2n) is 1.63. The number of aromatic nitrogens is 4. The average Bonchev–Trinajstić information content (AvgIpc) is 2.55. The summed E-state index contributed by atoms with van der Waals surface area (Å²) < 4.78 is 0. The summed E-state index contributed by atoms with van der Waals surface area (Å²) in [5.41, 5.74) is 1.40. The number of aromatic amines is 1. The zero-order valence-electron chi connectivity index (χ0n) is 6.57. The lowest BCUT2D eigenvalue weighted by Gasteiger charge is -1.80. The number of nitrogens with zero attached hydrogens (tertiary/aromatic N) is 3. The predicted octanol–water partition coefficient (Wildman–Crippen LogP) is 1.38. The van der Waals surface area contributed by atoms with Crippen LogP contribution >= 0.6 is 0 Å². The normalized spacial score (nSPS) is 8.91. The van der Waals surface area contributed by atoms with Gasteiger partial charge in [0.05, 0.1) is 6.33 Å². The van der Waals surface area contributed by atoms with Crippen molar-refractivity contribution in [1.82, 2.24) is 19.9 Å². The first-order chi connectivity index (χ1) is 5.47. The summed E-state index contributed by atoms with van der Waals surface area (Å²) in [5.74, 6) is 0. The highest BCUT2D eigenvalue weighted by Crippen LogP contribution is 1.96. The quantitative estimate of drug-likeness (QED) is 0.617. The molecule has 0 aliphatic heterocycles. The molecular formula is C7H10N4. The highest BCUT2D eigenvalue weighted by molar-refractivity contribution is 5.63. The van der Waals surface area contributed by atoms with E-state index >= 15 is 0 Å². The van der Waals surface area contributed by atoms with Crippen LogP contribution in [0.3, 0.4) is 0 Å². The minimum absolute atomic E-state index is 0.664. The van der Waals surface area contributed by atoms with Crippen LogP contribution in [-0.2, 0) is 0 Å². The highest BCUT2D eigenvalue weighted by atomic mass is 15.0. The van der Waals surface area contributed by atoms with Crippen LogP contribution in [0.1, 0.15) is 13.8 Å². The number of rotatable bonds is 0. The van der Waals surface area contributed by atoms with Gasteiger partial charge < -0.3 is 4.98 Å². The Morgan fingerprint density at radius 1 is 1.09 bits per heavy atom. The molecule has 0 atom stereocenters. The van der Waals surface area contributed by atoms with Crippen molar-refractivity contribution < 1.29 is 0 Å². The standard InChI is InChI=1S/C5H4N4.C2H6/c1-2-7-5-4(6-1)8-3-9-5;1-2/h1-3H,(H,6,7,8,9);1-2H3. The summed E-state index contributed by atoms with van der Waals surface area (Å²) in [4.78, 5) is 14.6. The van der Waals surface area contributed by atoms with Gasteiger partial charge in [0.15, 0.2) is 11.3 Å². The minimum Gasteiger partial charge on any atom is -0.328 e. The summed E-state index contributed by atoms with van der Waals surface area (Å²) in [6.07, 6.45) is 4.81. The second-order valence-corrected chi connectivity index (χ2v) is 1.63. The molecule has 0 radical (unpaired) electrons. The van der Waals surface area contributed by atoms with Gasteiger partial charge in [-0.25, -0.2) is 15.0 Å². The maximum Gasteiger partial charge on any atom is 0.197 e. The molecule has 0 spiro atoms. The predicted molar refractivity (Wildman–Crippen MR) is 43.0 cm³/mol. The van der Waals surface area contributed by atoms with Crippen LogP contribution in [0, 0.1) is 0 Å². The van der Waals surface area contributed by atoms with Gasteiger partial charge in [-0.1, -0.05) is 13.8 Å². The third-order valence-electron chi connectivity index (χ3n) is 1.07. The van der Waals surface area contributed by atoms with Crippen LogP contribution in [0.4, 0.5) is 0 Å². The van der Waals surface area contributed by atoms with E-state index in [0.717, 1.165) is 5.65 Å². The van der Waals surface area contributed by atoms with E-state index in [2.05, 4.69) is 19.9 Å². The summed E-state index contributed by atoms with van der Waals surface area (Å²) in [5, 5.41) is 0. The maximum absolute atomic E-state index is 3.96. The Labute approximate surface area is 64.7 Å². The van der Waals surface area contributed by atoms with E-state index in [1.165, 1.54) is 0 Å². The van der Waals surface area contributed by atoms with Crippen molar-refractivity contribution in [2.75, 3.05) is 0 Å². The van der Waals surface area contributed by atoms with Gasteiger partial charge >= 0.3 is 0 Å². The zero-order chi connectivity index (χ0) is 8.10. The molecule has 4 nitrogen and oxygen atoms in total. The first kappa shape index (κ1) is 7.65. The number of hydrogen-bond donors (Lipinski definition) is 1. The molecule has 0 saturated heterocycles. The minimum atomic E-state index is 0.664.